The molecule has 0 saturated heterocycles. The standard InChI is InChI=1S/C12H16ClNO2S/c1-10-5-7-12(8-6-10)17(15,16)14-9-3-4-11(2)13/h5-8,14H,2-4,9H2,1H3. The molecule has 0 aliphatic heterocycles. The minimum atomic E-state index is -3.40. The molecule has 0 fully saturated rings. The highest BCUT2D eigenvalue weighted by atomic mass is 35.5. The van der Waals surface area contributed by atoms with Gasteiger partial charge in [-0.3, -0.25) is 0 Å². The fourth-order valence-electron chi connectivity index (χ4n) is 1.29. The molecular weight excluding hydrogens is 258 g/mol. The van der Waals surface area contributed by atoms with Crippen molar-refractivity contribution in [3.05, 3.63) is 41.4 Å². The van der Waals surface area contributed by atoms with Crippen LogP contribution >= 0.6 is 11.6 Å². The lowest BCUT2D eigenvalue weighted by Gasteiger charge is -2.06. The van der Waals surface area contributed by atoms with Gasteiger partial charge in [-0.2, -0.15) is 0 Å². The van der Waals surface area contributed by atoms with Gasteiger partial charge in [-0.1, -0.05) is 35.9 Å². The summed E-state index contributed by atoms with van der Waals surface area (Å²) in [5.74, 6) is 0. The van der Waals surface area contributed by atoms with E-state index in [-0.39, 0.29) is 4.90 Å². The second kappa shape index (κ2) is 6.19. The van der Waals surface area contributed by atoms with Gasteiger partial charge in [0, 0.05) is 11.6 Å². The van der Waals surface area contributed by atoms with Crippen LogP contribution in [0.2, 0.25) is 0 Å². The zero-order valence-corrected chi connectivity index (χ0v) is 11.3. The van der Waals surface area contributed by atoms with E-state index in [1.165, 1.54) is 0 Å². The highest BCUT2D eigenvalue weighted by Crippen LogP contribution is 2.10. The van der Waals surface area contributed by atoms with Gasteiger partial charge in [0.2, 0.25) is 10.0 Å². The summed E-state index contributed by atoms with van der Waals surface area (Å²) in [4.78, 5) is 0.285. The molecule has 0 radical (unpaired) electrons. The summed E-state index contributed by atoms with van der Waals surface area (Å²) in [6, 6.07) is 6.74. The number of benzene rings is 1. The summed E-state index contributed by atoms with van der Waals surface area (Å²) in [5, 5.41) is 0.541. The number of sulfonamides is 1. The molecule has 0 aromatic heterocycles. The third-order valence-corrected chi connectivity index (χ3v) is 3.91. The van der Waals surface area contributed by atoms with E-state index in [2.05, 4.69) is 11.3 Å². The Hall–Kier alpha value is -0.840. The summed E-state index contributed by atoms with van der Waals surface area (Å²) < 4.78 is 26.2. The van der Waals surface area contributed by atoms with Crippen molar-refractivity contribution in [2.45, 2.75) is 24.7 Å². The van der Waals surface area contributed by atoms with Gasteiger partial charge < -0.3 is 0 Å². The highest BCUT2D eigenvalue weighted by molar-refractivity contribution is 7.89. The number of allylic oxidation sites excluding steroid dienone is 1. The van der Waals surface area contributed by atoms with Gasteiger partial charge in [0.25, 0.3) is 0 Å². The molecule has 0 spiro atoms. The van der Waals surface area contributed by atoms with Gasteiger partial charge >= 0.3 is 0 Å². The van der Waals surface area contributed by atoms with Crippen molar-refractivity contribution in [1.29, 1.82) is 0 Å². The first-order valence-corrected chi connectivity index (χ1v) is 7.17. The molecule has 17 heavy (non-hydrogen) atoms. The average molecular weight is 274 g/mol. The maximum Gasteiger partial charge on any atom is 0.240 e. The number of aryl methyl sites for hydroxylation is 1. The quantitative estimate of drug-likeness (QED) is 0.810. The van der Waals surface area contributed by atoms with Crippen LogP contribution in [0.3, 0.4) is 0 Å². The van der Waals surface area contributed by atoms with E-state index in [9.17, 15) is 8.42 Å². The molecule has 94 valence electrons. The maximum absolute atomic E-state index is 11.8. The number of nitrogens with one attached hydrogen (secondary N) is 1. The lowest BCUT2D eigenvalue weighted by molar-refractivity contribution is 0.579. The third kappa shape index (κ3) is 4.89. The van der Waals surface area contributed by atoms with Crippen molar-refractivity contribution in [2.75, 3.05) is 6.54 Å². The fraction of sp³-hybridized carbons (Fsp3) is 0.333. The van der Waals surface area contributed by atoms with Crippen molar-refractivity contribution >= 4 is 21.6 Å². The molecule has 0 amide bonds. The van der Waals surface area contributed by atoms with Gasteiger partial charge in [0.05, 0.1) is 4.90 Å². The monoisotopic (exact) mass is 273 g/mol. The second-order valence-electron chi connectivity index (χ2n) is 3.83. The van der Waals surface area contributed by atoms with Crippen molar-refractivity contribution in [3.8, 4) is 0 Å². The van der Waals surface area contributed by atoms with Crippen LogP contribution < -0.4 is 4.72 Å². The number of hydrogen-bond acceptors (Lipinski definition) is 2. The molecule has 1 N–H and O–H groups in total. The Bertz CT molecular complexity index is 480. The molecule has 0 heterocycles. The average Bonchev–Trinajstić information content (AvgIpc) is 2.25. The Kier molecular flexibility index (Phi) is 5.18. The first-order valence-electron chi connectivity index (χ1n) is 5.31. The molecule has 0 atom stereocenters. The van der Waals surface area contributed by atoms with Crippen LogP contribution in [-0.4, -0.2) is 15.0 Å². The smallest absolute Gasteiger partial charge is 0.211 e. The molecule has 5 heteroatoms. The summed E-state index contributed by atoms with van der Waals surface area (Å²) in [6.07, 6.45) is 1.26. The topological polar surface area (TPSA) is 46.2 Å². The summed E-state index contributed by atoms with van der Waals surface area (Å²) in [6.45, 7) is 5.82. The Labute approximate surface area is 108 Å². The largest absolute Gasteiger partial charge is 0.240 e. The molecular formula is C12H16ClNO2S. The van der Waals surface area contributed by atoms with Crippen LogP contribution in [0.25, 0.3) is 0 Å². The van der Waals surface area contributed by atoms with Crippen molar-refractivity contribution in [1.82, 2.24) is 4.72 Å². The molecule has 0 bridgehead atoms. The molecule has 3 nitrogen and oxygen atoms in total. The minimum Gasteiger partial charge on any atom is -0.211 e. The van der Waals surface area contributed by atoms with Crippen LogP contribution in [0.4, 0.5) is 0 Å². The molecule has 1 aromatic rings. The molecule has 0 saturated carbocycles. The third-order valence-electron chi connectivity index (χ3n) is 2.25. The lowest BCUT2D eigenvalue weighted by Crippen LogP contribution is -2.24. The van der Waals surface area contributed by atoms with Crippen LogP contribution in [0, 0.1) is 6.92 Å². The van der Waals surface area contributed by atoms with E-state index in [0.29, 0.717) is 24.4 Å². The number of hydrogen-bond donors (Lipinski definition) is 1. The molecule has 1 rings (SSSR count). The van der Waals surface area contributed by atoms with Crippen molar-refractivity contribution < 1.29 is 8.42 Å². The van der Waals surface area contributed by atoms with Crippen LogP contribution in [0.1, 0.15) is 18.4 Å². The minimum absolute atomic E-state index is 0.285. The zero-order chi connectivity index (χ0) is 12.9. The highest BCUT2D eigenvalue weighted by Gasteiger charge is 2.12. The predicted octanol–water partition coefficient (Wildman–Crippen LogP) is 2.81. The molecule has 1 aromatic carbocycles. The normalized spacial score (nSPS) is 11.4. The first kappa shape index (κ1) is 14.2. The zero-order valence-electron chi connectivity index (χ0n) is 9.74. The summed E-state index contributed by atoms with van der Waals surface area (Å²) >= 11 is 5.59. The van der Waals surface area contributed by atoms with E-state index < -0.39 is 10.0 Å². The van der Waals surface area contributed by atoms with Crippen LogP contribution in [0.15, 0.2) is 40.8 Å². The van der Waals surface area contributed by atoms with Crippen molar-refractivity contribution in [2.24, 2.45) is 0 Å². The maximum atomic E-state index is 11.8. The Balaban J connectivity index is 2.57. The Morgan fingerprint density at radius 2 is 1.94 bits per heavy atom. The summed E-state index contributed by atoms with van der Waals surface area (Å²) in [5.41, 5.74) is 1.03. The van der Waals surface area contributed by atoms with E-state index in [1.807, 2.05) is 6.92 Å². The van der Waals surface area contributed by atoms with Gasteiger partial charge in [0.1, 0.15) is 0 Å². The van der Waals surface area contributed by atoms with Gasteiger partial charge in [-0.25, -0.2) is 13.1 Å². The van der Waals surface area contributed by atoms with Gasteiger partial charge in [0.15, 0.2) is 0 Å². The summed E-state index contributed by atoms with van der Waals surface area (Å²) in [7, 11) is -3.40. The lowest BCUT2D eigenvalue weighted by atomic mass is 10.2. The van der Waals surface area contributed by atoms with Crippen molar-refractivity contribution in [3.63, 3.8) is 0 Å². The number of rotatable bonds is 6. The van der Waals surface area contributed by atoms with E-state index >= 15 is 0 Å². The SMILES string of the molecule is C=C(Cl)CCCNS(=O)(=O)c1ccc(C)cc1. The first-order chi connectivity index (χ1) is 7.92. The fourth-order valence-corrected chi connectivity index (χ4v) is 2.50. The van der Waals surface area contributed by atoms with Gasteiger partial charge in [-0.05, 0) is 31.9 Å². The van der Waals surface area contributed by atoms with Crippen LogP contribution in [0.5, 0.6) is 0 Å². The molecule has 0 unspecified atom stereocenters. The number of halogens is 1. The van der Waals surface area contributed by atoms with Gasteiger partial charge in [-0.15, -0.1) is 0 Å². The predicted molar refractivity (Wildman–Crippen MR) is 70.6 cm³/mol. The Morgan fingerprint density at radius 3 is 2.47 bits per heavy atom. The van der Waals surface area contributed by atoms with E-state index in [4.69, 9.17) is 11.6 Å². The van der Waals surface area contributed by atoms with E-state index in [0.717, 1.165) is 5.56 Å². The second-order valence-corrected chi connectivity index (χ2v) is 6.13. The van der Waals surface area contributed by atoms with Crippen LogP contribution in [-0.2, 0) is 10.0 Å². The Morgan fingerprint density at radius 1 is 1.35 bits per heavy atom. The molecule has 0 aliphatic carbocycles. The molecule has 0 aliphatic rings. The van der Waals surface area contributed by atoms with E-state index in [1.54, 1.807) is 24.3 Å².